The molecule has 0 saturated heterocycles. The van der Waals surface area contributed by atoms with Crippen molar-refractivity contribution in [2.24, 2.45) is 23.7 Å². The van der Waals surface area contributed by atoms with Gasteiger partial charge in [0.05, 0.1) is 6.10 Å². The molecule has 13 heavy (non-hydrogen) atoms. The smallest absolute Gasteiger partial charge is 0.0599 e. The molecule has 0 heterocycles. The van der Waals surface area contributed by atoms with Gasteiger partial charge in [-0.1, -0.05) is 26.7 Å². The lowest BCUT2D eigenvalue weighted by atomic mass is 9.94. The van der Waals surface area contributed by atoms with E-state index in [2.05, 4.69) is 13.8 Å². The minimum absolute atomic E-state index is 0.0369. The van der Waals surface area contributed by atoms with Crippen LogP contribution in [0.15, 0.2) is 0 Å². The van der Waals surface area contributed by atoms with Gasteiger partial charge >= 0.3 is 0 Å². The Morgan fingerprint density at radius 2 is 1.69 bits per heavy atom. The van der Waals surface area contributed by atoms with Crippen molar-refractivity contribution in [3.05, 3.63) is 0 Å². The second-order valence-corrected chi connectivity index (χ2v) is 5.34. The summed E-state index contributed by atoms with van der Waals surface area (Å²) in [6.45, 7) is 4.57. The molecule has 1 heteroatoms. The van der Waals surface area contributed by atoms with E-state index < -0.39 is 0 Å². The summed E-state index contributed by atoms with van der Waals surface area (Å²) in [5.41, 5.74) is 0. The van der Waals surface area contributed by atoms with Crippen LogP contribution in [0.2, 0.25) is 0 Å². The zero-order chi connectivity index (χ0) is 9.42. The molecule has 76 valence electrons. The fourth-order valence-corrected chi connectivity index (χ4v) is 3.04. The first-order valence-corrected chi connectivity index (χ1v) is 5.88. The molecule has 2 saturated carbocycles. The lowest BCUT2D eigenvalue weighted by molar-refractivity contribution is 0.0812. The van der Waals surface area contributed by atoms with E-state index in [1.807, 2.05) is 0 Å². The minimum Gasteiger partial charge on any atom is -0.393 e. The first-order chi connectivity index (χ1) is 6.20. The number of hydrogen-bond acceptors (Lipinski definition) is 1. The maximum absolute atomic E-state index is 10.1. The van der Waals surface area contributed by atoms with Gasteiger partial charge in [-0.15, -0.1) is 0 Å². The second kappa shape index (κ2) is 3.61. The van der Waals surface area contributed by atoms with Crippen LogP contribution >= 0.6 is 0 Å². The molecule has 0 aromatic carbocycles. The highest BCUT2D eigenvalue weighted by Crippen LogP contribution is 2.49. The normalized spacial score (nSPS) is 36.9. The van der Waals surface area contributed by atoms with Gasteiger partial charge < -0.3 is 5.11 Å². The topological polar surface area (TPSA) is 20.2 Å². The van der Waals surface area contributed by atoms with Crippen LogP contribution in [0.1, 0.15) is 46.0 Å². The van der Waals surface area contributed by atoms with Gasteiger partial charge in [0.15, 0.2) is 0 Å². The van der Waals surface area contributed by atoms with Gasteiger partial charge in [0.25, 0.3) is 0 Å². The molecule has 0 radical (unpaired) electrons. The van der Waals surface area contributed by atoms with Gasteiger partial charge in [0.1, 0.15) is 0 Å². The summed E-state index contributed by atoms with van der Waals surface area (Å²) in [7, 11) is 0. The van der Waals surface area contributed by atoms with Crippen LogP contribution in [0.25, 0.3) is 0 Å². The molecule has 1 nitrogen and oxygen atoms in total. The highest BCUT2D eigenvalue weighted by molar-refractivity contribution is 4.96. The van der Waals surface area contributed by atoms with Crippen LogP contribution in [0.5, 0.6) is 0 Å². The van der Waals surface area contributed by atoms with Crippen molar-refractivity contribution < 1.29 is 5.11 Å². The van der Waals surface area contributed by atoms with Gasteiger partial charge in [-0.05, 0) is 42.9 Å². The summed E-state index contributed by atoms with van der Waals surface area (Å²) in [6.07, 6.45) is 6.58. The monoisotopic (exact) mass is 182 g/mol. The molecule has 0 aliphatic heterocycles. The van der Waals surface area contributed by atoms with E-state index in [0.29, 0.717) is 11.8 Å². The summed E-state index contributed by atoms with van der Waals surface area (Å²) >= 11 is 0. The van der Waals surface area contributed by atoms with Crippen LogP contribution in [0.4, 0.5) is 0 Å². The first-order valence-electron chi connectivity index (χ1n) is 5.88. The van der Waals surface area contributed by atoms with E-state index >= 15 is 0 Å². The van der Waals surface area contributed by atoms with Gasteiger partial charge in [0.2, 0.25) is 0 Å². The quantitative estimate of drug-likeness (QED) is 0.711. The van der Waals surface area contributed by atoms with Crippen molar-refractivity contribution in [3.63, 3.8) is 0 Å². The number of aliphatic hydroxyl groups is 1. The highest BCUT2D eigenvalue weighted by atomic mass is 16.3. The summed E-state index contributed by atoms with van der Waals surface area (Å²) < 4.78 is 0. The third-order valence-corrected chi connectivity index (χ3v) is 4.07. The van der Waals surface area contributed by atoms with Crippen LogP contribution in [-0.4, -0.2) is 11.2 Å². The SMILES string of the molecule is CC(C)[C@H]1C[C@@H]1[C@@H](O)C1CCCC1. The molecule has 1 N–H and O–H groups in total. The third-order valence-electron chi connectivity index (χ3n) is 4.07. The van der Waals surface area contributed by atoms with Crippen LogP contribution in [0, 0.1) is 23.7 Å². The zero-order valence-corrected chi connectivity index (χ0v) is 8.87. The van der Waals surface area contributed by atoms with Crippen molar-refractivity contribution in [3.8, 4) is 0 Å². The van der Waals surface area contributed by atoms with Crippen LogP contribution < -0.4 is 0 Å². The standard InChI is InChI=1S/C12H22O/c1-8(2)10-7-11(10)12(13)9-5-3-4-6-9/h8-13H,3-7H2,1-2H3/t10-,11+,12+/m1/s1. The number of hydrogen-bond donors (Lipinski definition) is 1. The Morgan fingerprint density at radius 3 is 2.15 bits per heavy atom. The summed E-state index contributed by atoms with van der Waals surface area (Å²) in [5.74, 6) is 2.91. The Morgan fingerprint density at radius 1 is 1.08 bits per heavy atom. The molecule has 0 spiro atoms. The van der Waals surface area contributed by atoms with Crippen molar-refractivity contribution in [1.29, 1.82) is 0 Å². The molecule has 0 bridgehead atoms. The predicted octanol–water partition coefficient (Wildman–Crippen LogP) is 2.83. The molecular weight excluding hydrogens is 160 g/mol. The maximum atomic E-state index is 10.1. The van der Waals surface area contributed by atoms with E-state index in [0.717, 1.165) is 11.8 Å². The molecular formula is C12H22O. The lowest BCUT2D eigenvalue weighted by Crippen LogP contribution is -2.21. The van der Waals surface area contributed by atoms with Crippen molar-refractivity contribution in [2.75, 3.05) is 0 Å². The van der Waals surface area contributed by atoms with Crippen LogP contribution in [-0.2, 0) is 0 Å². The fraction of sp³-hybridized carbons (Fsp3) is 1.00. The first kappa shape index (κ1) is 9.51. The molecule has 3 atom stereocenters. The van der Waals surface area contributed by atoms with E-state index in [9.17, 15) is 5.11 Å². The lowest BCUT2D eigenvalue weighted by Gasteiger charge is -2.18. The molecule has 2 fully saturated rings. The Labute approximate surface area is 81.5 Å². The Balaban J connectivity index is 1.81. The molecule has 0 unspecified atom stereocenters. The Kier molecular flexibility index (Phi) is 2.64. The van der Waals surface area contributed by atoms with Crippen molar-refractivity contribution in [1.82, 2.24) is 0 Å². The highest BCUT2D eigenvalue weighted by Gasteiger charge is 2.46. The summed E-state index contributed by atoms with van der Waals surface area (Å²) in [4.78, 5) is 0. The summed E-state index contributed by atoms with van der Waals surface area (Å²) in [6, 6.07) is 0. The van der Waals surface area contributed by atoms with E-state index in [1.54, 1.807) is 0 Å². The van der Waals surface area contributed by atoms with Gasteiger partial charge in [-0.3, -0.25) is 0 Å². The van der Waals surface area contributed by atoms with Gasteiger partial charge in [0, 0.05) is 0 Å². The summed E-state index contributed by atoms with van der Waals surface area (Å²) in [5, 5.41) is 10.1. The van der Waals surface area contributed by atoms with Gasteiger partial charge in [-0.2, -0.15) is 0 Å². The number of rotatable bonds is 3. The van der Waals surface area contributed by atoms with E-state index in [-0.39, 0.29) is 6.10 Å². The number of aliphatic hydroxyl groups excluding tert-OH is 1. The fourth-order valence-electron chi connectivity index (χ4n) is 3.04. The van der Waals surface area contributed by atoms with Crippen molar-refractivity contribution in [2.45, 2.75) is 52.1 Å². The molecule has 0 aromatic rings. The Bertz CT molecular complexity index is 170. The average Bonchev–Trinajstić information content (AvgIpc) is 2.72. The molecule has 0 aromatic heterocycles. The average molecular weight is 182 g/mol. The minimum atomic E-state index is 0.0369. The molecule has 2 aliphatic carbocycles. The predicted molar refractivity (Wildman–Crippen MR) is 54.4 cm³/mol. The largest absolute Gasteiger partial charge is 0.393 e. The maximum Gasteiger partial charge on any atom is 0.0599 e. The van der Waals surface area contributed by atoms with E-state index in [4.69, 9.17) is 0 Å². The molecule has 2 aliphatic rings. The van der Waals surface area contributed by atoms with Gasteiger partial charge in [-0.25, -0.2) is 0 Å². The molecule has 0 amide bonds. The second-order valence-electron chi connectivity index (χ2n) is 5.34. The zero-order valence-electron chi connectivity index (χ0n) is 8.87. The van der Waals surface area contributed by atoms with Crippen molar-refractivity contribution >= 4 is 0 Å². The Hall–Kier alpha value is -0.0400. The van der Waals surface area contributed by atoms with E-state index in [1.165, 1.54) is 32.1 Å². The third kappa shape index (κ3) is 1.90. The molecule has 2 rings (SSSR count). The van der Waals surface area contributed by atoms with Crippen LogP contribution in [0.3, 0.4) is 0 Å².